The van der Waals surface area contributed by atoms with Crippen LogP contribution in [0.5, 0.6) is 0 Å². The number of nitrogens with zero attached hydrogens (tertiary/aromatic N) is 3. The molecule has 1 aliphatic carbocycles. The van der Waals surface area contributed by atoms with Crippen LogP contribution in [0.3, 0.4) is 0 Å². The molecule has 0 spiro atoms. The predicted octanol–water partition coefficient (Wildman–Crippen LogP) is 2.11. The molecule has 0 unspecified atom stereocenters. The lowest BCUT2D eigenvalue weighted by molar-refractivity contribution is 0.0682. The van der Waals surface area contributed by atoms with E-state index in [1.54, 1.807) is 6.20 Å². The Morgan fingerprint density at radius 1 is 1.37 bits per heavy atom. The van der Waals surface area contributed by atoms with Crippen LogP contribution in [-0.2, 0) is 6.54 Å². The molecule has 4 nitrogen and oxygen atoms in total. The molecule has 0 saturated heterocycles. The molecular weight excluding hydrogens is 260 g/mol. The number of nitrogens with two attached hydrogens (primary N) is 1. The normalized spacial score (nSPS) is 17.4. The second-order valence-corrected chi connectivity index (χ2v) is 6.02. The molecule has 2 rings (SSSR count). The molecule has 106 valence electrons. The second kappa shape index (κ2) is 5.65. The summed E-state index contributed by atoms with van der Waals surface area (Å²) in [6, 6.07) is 1.88. The Morgan fingerprint density at radius 3 is 2.53 bits per heavy atom. The third-order valence-corrected chi connectivity index (χ3v) is 4.71. The van der Waals surface area contributed by atoms with Crippen molar-refractivity contribution in [3.05, 3.63) is 22.8 Å². The van der Waals surface area contributed by atoms with Crippen LogP contribution in [0.15, 0.2) is 12.3 Å². The highest BCUT2D eigenvalue weighted by atomic mass is 35.5. The van der Waals surface area contributed by atoms with Crippen molar-refractivity contribution in [1.82, 2.24) is 9.88 Å². The number of hydrogen-bond acceptors (Lipinski definition) is 4. The fraction of sp³-hybridized carbons (Fsp3) is 0.643. The topological polar surface area (TPSA) is 45.4 Å². The Labute approximate surface area is 120 Å². The lowest BCUT2D eigenvalue weighted by atomic mass is 9.75. The van der Waals surface area contributed by atoms with Gasteiger partial charge >= 0.3 is 0 Å². The van der Waals surface area contributed by atoms with Gasteiger partial charge in [0, 0.05) is 31.9 Å². The van der Waals surface area contributed by atoms with Gasteiger partial charge in [0.25, 0.3) is 0 Å². The van der Waals surface area contributed by atoms with E-state index in [0.717, 1.165) is 17.9 Å². The molecule has 2 N–H and O–H groups in total. The third kappa shape index (κ3) is 2.71. The van der Waals surface area contributed by atoms with Crippen LogP contribution in [0, 0.1) is 0 Å². The first-order chi connectivity index (χ1) is 9.00. The minimum atomic E-state index is 0.262. The fourth-order valence-corrected chi connectivity index (χ4v) is 3.08. The number of halogens is 1. The Kier molecular flexibility index (Phi) is 4.33. The molecule has 0 atom stereocenters. The average molecular weight is 283 g/mol. The number of rotatable bonds is 5. The summed E-state index contributed by atoms with van der Waals surface area (Å²) in [6.45, 7) is 1.39. The molecule has 19 heavy (non-hydrogen) atoms. The molecule has 1 saturated carbocycles. The minimum Gasteiger partial charge on any atom is -0.357 e. The summed E-state index contributed by atoms with van der Waals surface area (Å²) in [6.07, 6.45) is 5.55. The van der Waals surface area contributed by atoms with Gasteiger partial charge < -0.3 is 15.5 Å². The van der Waals surface area contributed by atoms with Gasteiger partial charge in [0.15, 0.2) is 0 Å². The van der Waals surface area contributed by atoms with Gasteiger partial charge in [0.2, 0.25) is 0 Å². The van der Waals surface area contributed by atoms with Crippen LogP contribution in [0.2, 0.25) is 5.02 Å². The van der Waals surface area contributed by atoms with E-state index < -0.39 is 0 Å². The number of hydrogen-bond donors (Lipinski definition) is 1. The summed E-state index contributed by atoms with van der Waals surface area (Å²) in [5.74, 6) is 0.831. The summed E-state index contributed by atoms with van der Waals surface area (Å²) in [5.41, 5.74) is 6.91. The van der Waals surface area contributed by atoms with Crippen molar-refractivity contribution < 1.29 is 0 Å². The molecule has 0 amide bonds. The first-order valence-corrected chi connectivity index (χ1v) is 7.10. The van der Waals surface area contributed by atoms with E-state index >= 15 is 0 Å². The first kappa shape index (κ1) is 14.6. The lowest BCUT2D eigenvalue weighted by Gasteiger charge is -2.49. The van der Waals surface area contributed by atoms with E-state index in [1.807, 2.05) is 6.07 Å². The molecule has 1 aromatic rings. The smallest absolute Gasteiger partial charge is 0.147 e. The Hall–Kier alpha value is -0.840. The summed E-state index contributed by atoms with van der Waals surface area (Å²) in [4.78, 5) is 8.89. The molecule has 1 heterocycles. The van der Waals surface area contributed by atoms with Gasteiger partial charge in [-0.1, -0.05) is 11.6 Å². The molecule has 0 aliphatic heterocycles. The van der Waals surface area contributed by atoms with Gasteiger partial charge in [-0.3, -0.25) is 0 Å². The summed E-state index contributed by atoms with van der Waals surface area (Å²) >= 11 is 6.38. The molecule has 0 radical (unpaired) electrons. The van der Waals surface area contributed by atoms with Gasteiger partial charge in [-0.15, -0.1) is 0 Å². The van der Waals surface area contributed by atoms with Crippen LogP contribution < -0.4 is 10.6 Å². The number of anilines is 1. The predicted molar refractivity (Wildman–Crippen MR) is 80.7 cm³/mol. The van der Waals surface area contributed by atoms with Crippen molar-refractivity contribution in [3.8, 4) is 0 Å². The Balaban J connectivity index is 2.18. The largest absolute Gasteiger partial charge is 0.357 e. The van der Waals surface area contributed by atoms with Crippen molar-refractivity contribution in [1.29, 1.82) is 0 Å². The maximum atomic E-state index is 6.38. The Bertz CT molecular complexity index is 443. The standard InChI is InChI=1S/C14H23ClN4/c1-18(2)14(6-4-7-14)10-19(3)13-12(15)11(9-16)5-8-17-13/h5,8H,4,6-7,9-10,16H2,1-3H3. The lowest BCUT2D eigenvalue weighted by Crippen LogP contribution is -2.56. The first-order valence-electron chi connectivity index (χ1n) is 6.72. The summed E-state index contributed by atoms with van der Waals surface area (Å²) in [7, 11) is 6.36. The van der Waals surface area contributed by atoms with E-state index in [0.29, 0.717) is 11.6 Å². The van der Waals surface area contributed by atoms with Crippen LogP contribution >= 0.6 is 11.6 Å². The van der Waals surface area contributed by atoms with Gasteiger partial charge in [-0.2, -0.15) is 0 Å². The highest BCUT2D eigenvalue weighted by molar-refractivity contribution is 6.33. The van der Waals surface area contributed by atoms with Gasteiger partial charge in [-0.05, 0) is 45.0 Å². The molecule has 5 heteroatoms. The molecule has 1 fully saturated rings. The van der Waals surface area contributed by atoms with Crippen molar-refractivity contribution >= 4 is 17.4 Å². The fourth-order valence-electron chi connectivity index (χ4n) is 2.74. The second-order valence-electron chi connectivity index (χ2n) is 5.64. The monoisotopic (exact) mass is 282 g/mol. The van der Waals surface area contributed by atoms with Crippen LogP contribution in [0.1, 0.15) is 24.8 Å². The zero-order valence-electron chi connectivity index (χ0n) is 12.0. The van der Waals surface area contributed by atoms with E-state index in [2.05, 4.69) is 35.9 Å². The van der Waals surface area contributed by atoms with Crippen molar-refractivity contribution in [2.75, 3.05) is 32.6 Å². The maximum Gasteiger partial charge on any atom is 0.147 e. The van der Waals surface area contributed by atoms with E-state index in [9.17, 15) is 0 Å². The molecule has 0 bridgehead atoms. The maximum absolute atomic E-state index is 6.38. The molecular formula is C14H23ClN4. The van der Waals surface area contributed by atoms with Crippen molar-refractivity contribution in [2.24, 2.45) is 5.73 Å². The van der Waals surface area contributed by atoms with E-state index in [-0.39, 0.29) is 5.54 Å². The number of likely N-dealkylation sites (N-methyl/N-ethyl adjacent to an activating group) is 2. The molecule has 1 aliphatic rings. The van der Waals surface area contributed by atoms with Gasteiger partial charge in [-0.25, -0.2) is 4.98 Å². The third-order valence-electron chi connectivity index (χ3n) is 4.30. The quantitative estimate of drug-likeness (QED) is 0.898. The number of pyridine rings is 1. The Morgan fingerprint density at radius 2 is 2.05 bits per heavy atom. The van der Waals surface area contributed by atoms with Crippen molar-refractivity contribution in [2.45, 2.75) is 31.3 Å². The molecule has 0 aromatic carbocycles. The zero-order valence-corrected chi connectivity index (χ0v) is 12.7. The van der Waals surface area contributed by atoms with Crippen LogP contribution in [0.25, 0.3) is 0 Å². The average Bonchev–Trinajstić information content (AvgIpc) is 2.33. The van der Waals surface area contributed by atoms with Crippen LogP contribution in [0.4, 0.5) is 5.82 Å². The van der Waals surface area contributed by atoms with E-state index in [1.165, 1.54) is 19.3 Å². The summed E-state index contributed by atoms with van der Waals surface area (Å²) < 4.78 is 0. The highest BCUT2D eigenvalue weighted by Crippen LogP contribution is 2.38. The summed E-state index contributed by atoms with van der Waals surface area (Å²) in [5, 5.41) is 0.681. The van der Waals surface area contributed by atoms with Gasteiger partial charge in [0.1, 0.15) is 5.82 Å². The molecule has 1 aromatic heterocycles. The van der Waals surface area contributed by atoms with Crippen molar-refractivity contribution in [3.63, 3.8) is 0 Å². The SMILES string of the molecule is CN(CC1(N(C)C)CCC1)c1nccc(CN)c1Cl. The van der Waals surface area contributed by atoms with Gasteiger partial charge in [0.05, 0.1) is 5.02 Å². The number of aromatic nitrogens is 1. The van der Waals surface area contributed by atoms with Crippen LogP contribution in [-0.4, -0.2) is 43.1 Å². The zero-order chi connectivity index (χ0) is 14.0. The van der Waals surface area contributed by atoms with E-state index in [4.69, 9.17) is 17.3 Å². The highest BCUT2D eigenvalue weighted by Gasteiger charge is 2.40. The minimum absolute atomic E-state index is 0.262.